The third-order valence-corrected chi connectivity index (χ3v) is 8.92. The number of fused-ring (bicyclic) bond motifs is 2. The van der Waals surface area contributed by atoms with Crippen LogP contribution in [0.15, 0.2) is 18.2 Å². The topological polar surface area (TPSA) is 74.4 Å². The molecular formula is C28H39F3N4O4. The average molecular weight is 553 g/mol. The van der Waals surface area contributed by atoms with Gasteiger partial charge in [0.1, 0.15) is 0 Å². The Balaban J connectivity index is 1.37. The molecule has 0 bridgehead atoms. The number of nitrogens with zero attached hydrogens (tertiary/aromatic N) is 3. The normalized spacial score (nSPS) is 30.7. The lowest BCUT2D eigenvalue weighted by Crippen LogP contribution is -2.53. The van der Waals surface area contributed by atoms with Gasteiger partial charge in [0.2, 0.25) is 5.91 Å². The number of ether oxygens (including phenoxy) is 2. The molecule has 1 saturated carbocycles. The number of rotatable bonds is 5. The van der Waals surface area contributed by atoms with Crippen LogP contribution in [0, 0.1) is 11.3 Å². The first-order valence-corrected chi connectivity index (χ1v) is 13.9. The monoisotopic (exact) mass is 552 g/mol. The van der Waals surface area contributed by atoms with Crippen molar-refractivity contribution in [2.45, 2.75) is 63.5 Å². The van der Waals surface area contributed by atoms with Gasteiger partial charge in [-0.25, -0.2) is 4.79 Å². The quantitative estimate of drug-likeness (QED) is 0.608. The average Bonchev–Trinajstić information content (AvgIpc) is 3.42. The molecule has 3 fully saturated rings. The summed E-state index contributed by atoms with van der Waals surface area (Å²) in [5.41, 5.74) is -0.0644. The van der Waals surface area contributed by atoms with Crippen molar-refractivity contribution in [1.29, 1.82) is 0 Å². The van der Waals surface area contributed by atoms with E-state index in [4.69, 9.17) is 9.47 Å². The molecule has 4 aliphatic rings. The van der Waals surface area contributed by atoms with Crippen LogP contribution in [-0.2, 0) is 33.4 Å². The van der Waals surface area contributed by atoms with Crippen LogP contribution >= 0.6 is 0 Å². The molecule has 1 aliphatic carbocycles. The number of hydrogen-bond acceptors (Lipinski definition) is 5. The minimum absolute atomic E-state index is 0.0281. The summed E-state index contributed by atoms with van der Waals surface area (Å²) in [7, 11) is 3.40. The van der Waals surface area contributed by atoms with Gasteiger partial charge in [0, 0.05) is 65.6 Å². The van der Waals surface area contributed by atoms with Gasteiger partial charge in [-0.15, -0.1) is 0 Å². The van der Waals surface area contributed by atoms with Gasteiger partial charge in [0.05, 0.1) is 23.7 Å². The molecule has 5 rings (SSSR count). The molecular weight excluding hydrogens is 513 g/mol. The molecule has 3 heterocycles. The van der Waals surface area contributed by atoms with E-state index in [2.05, 4.69) is 5.32 Å². The Hall–Kier alpha value is -2.37. The molecule has 8 nitrogen and oxygen atoms in total. The Morgan fingerprint density at radius 1 is 1.23 bits per heavy atom. The van der Waals surface area contributed by atoms with Crippen LogP contribution in [0.25, 0.3) is 0 Å². The molecule has 0 spiro atoms. The van der Waals surface area contributed by atoms with Crippen molar-refractivity contribution in [3.63, 3.8) is 0 Å². The highest BCUT2D eigenvalue weighted by atomic mass is 19.4. The van der Waals surface area contributed by atoms with Crippen LogP contribution < -0.4 is 5.32 Å². The summed E-state index contributed by atoms with van der Waals surface area (Å²) in [5, 5.41) is 3.76. The number of alkyl halides is 3. The summed E-state index contributed by atoms with van der Waals surface area (Å²) >= 11 is 0. The van der Waals surface area contributed by atoms with Gasteiger partial charge in [-0.05, 0) is 61.8 Å². The maximum Gasteiger partial charge on any atom is 0.416 e. The largest absolute Gasteiger partial charge is 0.416 e. The van der Waals surface area contributed by atoms with Gasteiger partial charge in [0.15, 0.2) is 0 Å². The number of halogens is 3. The summed E-state index contributed by atoms with van der Waals surface area (Å²) < 4.78 is 51.7. The SMILES string of the molecule is CCOC1COCCC1N[C@@H]1C[C@H]2CN(C(=O)N(C)C)C[C@@]2(C(=O)N2CCc3ccc(C(F)(F)F)cc3C2)C1. The van der Waals surface area contributed by atoms with Gasteiger partial charge >= 0.3 is 12.2 Å². The molecule has 39 heavy (non-hydrogen) atoms. The van der Waals surface area contributed by atoms with Crippen molar-refractivity contribution >= 4 is 11.9 Å². The fourth-order valence-electron chi connectivity index (χ4n) is 7.06. The number of carbonyl (C=O) groups is 2. The Kier molecular flexibility index (Phi) is 7.87. The van der Waals surface area contributed by atoms with E-state index in [1.54, 1.807) is 23.9 Å². The standard InChI is InChI=1S/C28H39F3N4O4/c1-4-39-24-16-38-10-8-23(24)32-22-12-21-15-35(26(37)33(2)3)17-27(21,13-22)25(36)34-9-7-18-5-6-20(28(29,30)31)11-19(18)14-34/h5-6,11,21-24,32H,4,7-10,12-17H2,1-3H3/t21-,22+,23?,24?,27-/m0/s1. The highest BCUT2D eigenvalue weighted by molar-refractivity contribution is 5.86. The molecule has 0 radical (unpaired) electrons. The highest BCUT2D eigenvalue weighted by Crippen LogP contribution is 2.51. The van der Waals surface area contributed by atoms with Crippen molar-refractivity contribution in [1.82, 2.24) is 20.0 Å². The second-order valence-corrected chi connectivity index (χ2v) is 11.6. The predicted octanol–water partition coefficient (Wildman–Crippen LogP) is 3.14. The first-order chi connectivity index (χ1) is 18.5. The predicted molar refractivity (Wildman–Crippen MR) is 138 cm³/mol. The Morgan fingerprint density at radius 2 is 2.03 bits per heavy atom. The summed E-state index contributed by atoms with van der Waals surface area (Å²) in [6.07, 6.45) is -1.82. The molecule has 1 N–H and O–H groups in total. The first kappa shape index (κ1) is 28.2. The van der Waals surface area contributed by atoms with Gasteiger partial charge in [-0.1, -0.05) is 6.07 Å². The van der Waals surface area contributed by atoms with E-state index in [0.29, 0.717) is 57.9 Å². The van der Waals surface area contributed by atoms with E-state index < -0.39 is 17.2 Å². The maximum absolute atomic E-state index is 14.3. The molecule has 3 aliphatic heterocycles. The van der Waals surface area contributed by atoms with Crippen molar-refractivity contribution in [2.24, 2.45) is 11.3 Å². The maximum atomic E-state index is 14.3. The number of likely N-dealkylation sites (tertiary alicyclic amines) is 1. The van der Waals surface area contributed by atoms with E-state index in [0.717, 1.165) is 24.5 Å². The molecule has 1 aromatic rings. The summed E-state index contributed by atoms with van der Waals surface area (Å²) in [5.74, 6) is -0.0815. The fraction of sp³-hybridized carbons (Fsp3) is 0.714. The zero-order valence-electron chi connectivity index (χ0n) is 22.9. The number of urea groups is 1. The molecule has 5 atom stereocenters. The van der Waals surface area contributed by atoms with Crippen LogP contribution in [0.2, 0.25) is 0 Å². The van der Waals surface area contributed by atoms with E-state index in [9.17, 15) is 22.8 Å². The first-order valence-electron chi connectivity index (χ1n) is 13.9. The number of amides is 3. The van der Waals surface area contributed by atoms with Gasteiger partial charge in [0.25, 0.3) is 0 Å². The van der Waals surface area contributed by atoms with E-state index in [-0.39, 0.29) is 42.6 Å². The molecule has 2 unspecified atom stereocenters. The Morgan fingerprint density at radius 3 is 2.74 bits per heavy atom. The van der Waals surface area contributed by atoms with Crippen molar-refractivity contribution < 1.29 is 32.2 Å². The summed E-state index contributed by atoms with van der Waals surface area (Å²) in [6.45, 7) is 5.16. The summed E-state index contributed by atoms with van der Waals surface area (Å²) in [4.78, 5) is 32.2. The van der Waals surface area contributed by atoms with Crippen molar-refractivity contribution in [3.05, 3.63) is 34.9 Å². The number of benzene rings is 1. The third kappa shape index (κ3) is 5.50. The number of carbonyl (C=O) groups excluding carboxylic acids is 2. The fourth-order valence-corrected chi connectivity index (χ4v) is 7.06. The molecule has 3 amide bonds. The van der Waals surface area contributed by atoms with Gasteiger partial charge in [-0.3, -0.25) is 4.79 Å². The number of hydrogen-bond donors (Lipinski definition) is 1. The second-order valence-electron chi connectivity index (χ2n) is 11.6. The summed E-state index contributed by atoms with van der Waals surface area (Å²) in [6, 6.07) is 3.91. The van der Waals surface area contributed by atoms with E-state index in [1.165, 1.54) is 17.0 Å². The zero-order chi connectivity index (χ0) is 27.9. The number of nitrogens with one attached hydrogen (secondary N) is 1. The van der Waals surface area contributed by atoms with E-state index >= 15 is 0 Å². The van der Waals surface area contributed by atoms with Crippen LogP contribution in [0.1, 0.15) is 42.9 Å². The van der Waals surface area contributed by atoms with E-state index in [1.807, 2.05) is 6.92 Å². The second kappa shape index (κ2) is 10.9. The van der Waals surface area contributed by atoms with Crippen molar-refractivity contribution in [3.8, 4) is 0 Å². The van der Waals surface area contributed by atoms with Gasteiger partial charge in [-0.2, -0.15) is 13.2 Å². The molecule has 2 saturated heterocycles. The molecule has 11 heteroatoms. The minimum Gasteiger partial charge on any atom is -0.379 e. The third-order valence-electron chi connectivity index (χ3n) is 8.92. The lowest BCUT2D eigenvalue weighted by atomic mass is 9.78. The smallest absolute Gasteiger partial charge is 0.379 e. The Bertz CT molecular complexity index is 1080. The lowest BCUT2D eigenvalue weighted by molar-refractivity contribution is -0.143. The van der Waals surface area contributed by atoms with Crippen LogP contribution in [0.3, 0.4) is 0 Å². The van der Waals surface area contributed by atoms with Crippen LogP contribution in [0.4, 0.5) is 18.0 Å². The van der Waals surface area contributed by atoms with Gasteiger partial charge < -0.3 is 29.5 Å². The zero-order valence-corrected chi connectivity index (χ0v) is 22.9. The minimum atomic E-state index is -4.43. The lowest BCUT2D eigenvalue weighted by Gasteiger charge is -2.38. The Labute approximate surface area is 227 Å². The van der Waals surface area contributed by atoms with Crippen LogP contribution in [-0.4, -0.2) is 98.4 Å². The van der Waals surface area contributed by atoms with Crippen LogP contribution in [0.5, 0.6) is 0 Å². The highest BCUT2D eigenvalue weighted by Gasteiger charge is 2.60. The molecule has 0 aromatic heterocycles. The molecule has 1 aromatic carbocycles. The molecule has 216 valence electrons. The van der Waals surface area contributed by atoms with Crippen molar-refractivity contribution in [2.75, 3.05) is 53.6 Å².